The van der Waals surface area contributed by atoms with Gasteiger partial charge in [-0.05, 0) is 47.2 Å². The molecule has 4 aromatic rings. The number of thiophene rings is 1. The molecule has 13 nitrogen and oxygen atoms in total. The lowest BCUT2D eigenvalue weighted by molar-refractivity contribution is -0.161. The Balaban J connectivity index is 1.06. The summed E-state index contributed by atoms with van der Waals surface area (Å²) in [7, 11) is 1.24. The number of fused-ring (bicyclic) bond motifs is 7. The average Bonchev–Trinajstić information content (AvgIpc) is 3.77. The van der Waals surface area contributed by atoms with Gasteiger partial charge in [-0.25, -0.2) is 14.4 Å². The van der Waals surface area contributed by atoms with Gasteiger partial charge >= 0.3 is 17.9 Å². The summed E-state index contributed by atoms with van der Waals surface area (Å²) in [6.07, 6.45) is 0.153. The minimum Gasteiger partial charge on any atom is -0.489 e. The van der Waals surface area contributed by atoms with Crippen molar-refractivity contribution in [1.82, 2.24) is 10.2 Å². The number of carbonyl (C=O) groups is 5. The molecule has 1 spiro atoms. The number of β-lactam (4-membered cyclic amide) rings is 1. The zero-order valence-corrected chi connectivity index (χ0v) is 28.9. The Morgan fingerprint density at radius 3 is 2.37 bits per heavy atom. The highest BCUT2D eigenvalue weighted by atomic mass is 32.2. The van der Waals surface area contributed by atoms with Crippen LogP contribution in [0.1, 0.15) is 31.9 Å². The van der Waals surface area contributed by atoms with Crippen molar-refractivity contribution in [1.29, 1.82) is 0 Å². The molecule has 15 heteroatoms. The maximum Gasteiger partial charge on any atom is 0.341 e. The van der Waals surface area contributed by atoms with E-state index < -0.39 is 53.5 Å². The number of methoxy groups -OCH3 is 1. The van der Waals surface area contributed by atoms with Crippen molar-refractivity contribution in [2.45, 2.75) is 29.5 Å². The van der Waals surface area contributed by atoms with Crippen molar-refractivity contribution in [3.05, 3.63) is 116 Å². The number of carboxylic acids is 1. The number of benzene rings is 3. The molecule has 1 aromatic heterocycles. The fourth-order valence-corrected chi connectivity index (χ4v) is 8.76. The van der Waals surface area contributed by atoms with E-state index in [2.05, 4.69) is 5.32 Å². The lowest BCUT2D eigenvalue weighted by Gasteiger charge is -2.51. The summed E-state index contributed by atoms with van der Waals surface area (Å²) < 4.78 is 29.1. The molecular weight excluding hydrogens is 713 g/mol. The van der Waals surface area contributed by atoms with Crippen LogP contribution in [0.3, 0.4) is 0 Å². The van der Waals surface area contributed by atoms with Gasteiger partial charge in [0.15, 0.2) is 18.2 Å². The third kappa shape index (κ3) is 5.52. The molecule has 0 radical (unpaired) electrons. The highest BCUT2D eigenvalue weighted by molar-refractivity contribution is 8.03. The molecular formula is C37H28N2O11S2. The van der Waals surface area contributed by atoms with Crippen LogP contribution in [-0.4, -0.2) is 77.5 Å². The van der Waals surface area contributed by atoms with Crippen LogP contribution in [0.15, 0.2) is 89.2 Å². The average molecular weight is 741 g/mol. The Kier molecular flexibility index (Phi) is 8.38. The maximum atomic E-state index is 13.3. The molecule has 0 aliphatic carbocycles. The minimum absolute atomic E-state index is 0.0931. The van der Waals surface area contributed by atoms with Crippen LogP contribution in [0.4, 0.5) is 0 Å². The lowest BCUT2D eigenvalue weighted by Crippen LogP contribution is -2.74. The largest absolute Gasteiger partial charge is 0.489 e. The van der Waals surface area contributed by atoms with Crippen molar-refractivity contribution in [2.24, 2.45) is 0 Å². The summed E-state index contributed by atoms with van der Waals surface area (Å²) >= 11 is 2.75. The van der Waals surface area contributed by atoms with Crippen LogP contribution < -0.4 is 19.5 Å². The van der Waals surface area contributed by atoms with Gasteiger partial charge < -0.3 is 39.0 Å². The Hall–Kier alpha value is -5.80. The molecule has 4 aliphatic heterocycles. The van der Waals surface area contributed by atoms with Crippen LogP contribution in [0, 0.1) is 0 Å². The molecule has 264 valence electrons. The summed E-state index contributed by atoms with van der Waals surface area (Å²) in [6.45, 7) is -0.657. The van der Waals surface area contributed by atoms with Crippen molar-refractivity contribution >= 4 is 52.8 Å². The van der Waals surface area contributed by atoms with E-state index in [0.717, 1.165) is 4.88 Å². The number of nitrogens with one attached hydrogen (secondary N) is 1. The van der Waals surface area contributed by atoms with Crippen LogP contribution in [0.25, 0.3) is 0 Å². The smallest absolute Gasteiger partial charge is 0.341 e. The number of hydrogen-bond acceptors (Lipinski definition) is 12. The SMILES string of the molecule is COC(=O)C1C(COc2ccc3c(c2)Oc2cc(OCC(=O)O)ccc2C32OC(=O)c3ccccc32)=CSC2C(NC(=O)Cc3cccs3)C(=O)N12. The van der Waals surface area contributed by atoms with E-state index in [-0.39, 0.29) is 30.4 Å². The molecule has 8 rings (SSSR count). The number of nitrogens with zero attached hydrogens (tertiary/aromatic N) is 1. The van der Waals surface area contributed by atoms with Gasteiger partial charge in [0.2, 0.25) is 11.8 Å². The number of hydrogen-bond donors (Lipinski definition) is 2. The molecule has 0 bridgehead atoms. The third-order valence-electron chi connectivity index (χ3n) is 9.15. The third-order valence-corrected chi connectivity index (χ3v) is 11.2. The van der Waals surface area contributed by atoms with Gasteiger partial charge in [0, 0.05) is 39.3 Å². The van der Waals surface area contributed by atoms with E-state index in [1.807, 2.05) is 29.6 Å². The van der Waals surface area contributed by atoms with Gasteiger partial charge in [-0.15, -0.1) is 23.1 Å². The van der Waals surface area contributed by atoms with Gasteiger partial charge in [0.1, 0.15) is 41.0 Å². The number of ether oxygens (including phenoxy) is 5. The Morgan fingerprint density at radius 2 is 1.67 bits per heavy atom. The zero-order valence-electron chi connectivity index (χ0n) is 27.2. The van der Waals surface area contributed by atoms with Crippen LogP contribution in [0.2, 0.25) is 0 Å². The van der Waals surface area contributed by atoms with Gasteiger partial charge in [0.05, 0.1) is 19.1 Å². The molecule has 2 N–H and O–H groups in total. The fourth-order valence-electron chi connectivity index (χ4n) is 6.85. The summed E-state index contributed by atoms with van der Waals surface area (Å²) in [6, 6.07) is 18.8. The van der Waals surface area contributed by atoms with Crippen molar-refractivity contribution < 1.29 is 52.8 Å². The molecule has 3 aromatic carbocycles. The van der Waals surface area contributed by atoms with Crippen molar-refractivity contribution in [3.8, 4) is 23.0 Å². The molecule has 52 heavy (non-hydrogen) atoms. The fraction of sp³-hybridized carbons (Fsp3) is 0.216. The first-order valence-corrected chi connectivity index (χ1v) is 17.8. The Labute approximate surface area is 304 Å². The van der Waals surface area contributed by atoms with Crippen LogP contribution in [0.5, 0.6) is 23.0 Å². The van der Waals surface area contributed by atoms with Gasteiger partial charge in [-0.1, -0.05) is 24.3 Å². The highest BCUT2D eigenvalue weighted by Crippen LogP contribution is 2.57. The molecule has 4 aliphatic rings. The summed E-state index contributed by atoms with van der Waals surface area (Å²) in [5, 5.41) is 15.0. The Morgan fingerprint density at radius 1 is 0.942 bits per heavy atom. The second-order valence-corrected chi connectivity index (χ2v) is 14.2. The topological polar surface area (TPSA) is 167 Å². The van der Waals surface area contributed by atoms with E-state index in [1.54, 1.807) is 47.9 Å². The molecule has 2 amide bonds. The molecule has 1 saturated heterocycles. The van der Waals surface area contributed by atoms with Gasteiger partial charge in [-0.3, -0.25) is 9.59 Å². The van der Waals surface area contributed by atoms with E-state index in [0.29, 0.717) is 39.3 Å². The van der Waals surface area contributed by atoms with Crippen molar-refractivity contribution in [3.63, 3.8) is 0 Å². The first kappa shape index (κ1) is 33.3. The first-order valence-electron chi connectivity index (χ1n) is 16.0. The van der Waals surface area contributed by atoms with E-state index in [1.165, 1.54) is 41.2 Å². The standard InChI is InChI=1S/C37H28N2O11S2/c1-46-36(45)32-19(18-52-34-31(33(43)39(32)34)38-29(40)15-22-5-4-12-51-22)16-47-20-8-10-25-27(13-20)49-28-14-21(48-17-30(41)42)9-11-26(28)37(25)24-7-3-2-6-23(24)35(44)50-37/h2-14,18,31-32,34H,15-17H2,1H3,(H,38,40)(H,41,42). The number of aliphatic carboxylic acids is 1. The molecule has 4 atom stereocenters. The van der Waals surface area contributed by atoms with E-state index >= 15 is 0 Å². The summed E-state index contributed by atoms with van der Waals surface area (Å²) in [4.78, 5) is 65.6. The number of thioether (sulfide) groups is 1. The Bertz CT molecular complexity index is 2190. The molecule has 5 heterocycles. The monoisotopic (exact) mass is 740 g/mol. The minimum atomic E-state index is -1.37. The number of esters is 2. The van der Waals surface area contributed by atoms with Crippen LogP contribution >= 0.6 is 23.1 Å². The number of amides is 2. The molecule has 1 fully saturated rings. The van der Waals surface area contributed by atoms with Gasteiger partial charge in [-0.2, -0.15) is 0 Å². The second-order valence-electron chi connectivity index (χ2n) is 12.2. The lowest BCUT2D eigenvalue weighted by atomic mass is 9.77. The van der Waals surface area contributed by atoms with Gasteiger partial charge in [0.25, 0.3) is 0 Å². The predicted molar refractivity (Wildman–Crippen MR) is 185 cm³/mol. The van der Waals surface area contributed by atoms with E-state index in [4.69, 9.17) is 28.8 Å². The van der Waals surface area contributed by atoms with Crippen molar-refractivity contribution in [2.75, 3.05) is 20.3 Å². The summed E-state index contributed by atoms with van der Waals surface area (Å²) in [5.41, 5.74) is 1.16. The zero-order chi connectivity index (χ0) is 36.1. The summed E-state index contributed by atoms with van der Waals surface area (Å²) in [5.74, 6) is -1.82. The highest BCUT2D eigenvalue weighted by Gasteiger charge is 2.56. The number of carbonyl (C=O) groups excluding carboxylic acids is 4. The second kappa shape index (κ2) is 13.1. The predicted octanol–water partition coefficient (Wildman–Crippen LogP) is 4.23. The quantitative estimate of drug-likeness (QED) is 0.176. The van der Waals surface area contributed by atoms with E-state index in [9.17, 15) is 24.0 Å². The van der Waals surface area contributed by atoms with Crippen LogP contribution in [-0.2, 0) is 40.7 Å². The number of rotatable bonds is 10. The first-order chi connectivity index (χ1) is 25.2. The number of carboxylic acid groups (broad SMARTS) is 1. The molecule has 0 saturated carbocycles. The maximum absolute atomic E-state index is 13.3. The normalized spacial score (nSPS) is 22.0. The molecule has 4 unspecified atom stereocenters.